The van der Waals surface area contributed by atoms with Gasteiger partial charge in [-0.2, -0.15) is 0 Å². The highest BCUT2D eigenvalue weighted by Crippen LogP contribution is 2.19. The number of aryl methyl sites for hydroxylation is 2. The van der Waals surface area contributed by atoms with Crippen molar-refractivity contribution in [2.24, 2.45) is 0 Å². The van der Waals surface area contributed by atoms with Crippen molar-refractivity contribution in [3.05, 3.63) is 64.2 Å². The fourth-order valence-electron chi connectivity index (χ4n) is 2.73. The molecule has 6 heteroatoms. The molecule has 5 nitrogen and oxygen atoms in total. The Kier molecular flexibility index (Phi) is 7.39. The van der Waals surface area contributed by atoms with Gasteiger partial charge in [0.1, 0.15) is 0 Å². The molecule has 144 valence electrons. The third-order valence-electron chi connectivity index (χ3n) is 4.59. The molecule has 2 amide bonds. The number of likely N-dealkylation sites (N-methyl/N-ethyl adjacent to an activating group) is 1. The minimum atomic E-state index is -0.448. The van der Waals surface area contributed by atoms with Crippen LogP contribution in [-0.2, 0) is 16.1 Å². The molecule has 2 rings (SSSR count). The summed E-state index contributed by atoms with van der Waals surface area (Å²) in [5.41, 5.74) is 3.70. The lowest BCUT2D eigenvalue weighted by molar-refractivity contribution is -0.126. The summed E-state index contributed by atoms with van der Waals surface area (Å²) in [5, 5.41) is 6.42. The highest BCUT2D eigenvalue weighted by Gasteiger charge is 2.20. The summed E-state index contributed by atoms with van der Waals surface area (Å²) in [6, 6.07) is 12.8. The lowest BCUT2D eigenvalue weighted by atomic mass is 10.1. The summed E-state index contributed by atoms with van der Waals surface area (Å²) >= 11 is 6.11. The Balaban J connectivity index is 1.88. The Bertz CT molecular complexity index is 803. The third kappa shape index (κ3) is 5.81. The minimum Gasteiger partial charge on any atom is -0.351 e. The Hall–Kier alpha value is -2.37. The number of rotatable bonds is 7. The lowest BCUT2D eigenvalue weighted by Gasteiger charge is -2.24. The zero-order valence-electron chi connectivity index (χ0n) is 16.2. The molecule has 1 atom stereocenters. The molecule has 0 aromatic heterocycles. The van der Waals surface area contributed by atoms with Crippen LogP contribution in [0.4, 0.5) is 5.69 Å². The molecule has 2 aromatic carbocycles. The van der Waals surface area contributed by atoms with Crippen LogP contribution in [0.5, 0.6) is 0 Å². The number of halogens is 1. The fraction of sp³-hybridized carbons (Fsp3) is 0.333. The van der Waals surface area contributed by atoms with Crippen LogP contribution in [0.25, 0.3) is 0 Å². The number of amides is 2. The van der Waals surface area contributed by atoms with Crippen LogP contribution in [0.3, 0.4) is 0 Å². The van der Waals surface area contributed by atoms with Crippen molar-refractivity contribution in [3.63, 3.8) is 0 Å². The first-order valence-electron chi connectivity index (χ1n) is 8.87. The van der Waals surface area contributed by atoms with E-state index in [0.29, 0.717) is 11.6 Å². The van der Waals surface area contributed by atoms with Gasteiger partial charge in [0.05, 0.1) is 12.6 Å². The summed E-state index contributed by atoms with van der Waals surface area (Å²) in [5.74, 6) is -0.307. The van der Waals surface area contributed by atoms with Crippen molar-refractivity contribution >= 4 is 29.1 Å². The van der Waals surface area contributed by atoms with Gasteiger partial charge >= 0.3 is 0 Å². The molecule has 0 heterocycles. The first-order valence-corrected chi connectivity index (χ1v) is 9.24. The van der Waals surface area contributed by atoms with Gasteiger partial charge in [-0.3, -0.25) is 14.5 Å². The minimum absolute atomic E-state index is 0.119. The van der Waals surface area contributed by atoms with Gasteiger partial charge in [-0.05, 0) is 50.6 Å². The summed E-state index contributed by atoms with van der Waals surface area (Å²) < 4.78 is 0. The molecule has 0 aliphatic heterocycles. The van der Waals surface area contributed by atoms with E-state index in [4.69, 9.17) is 11.6 Å². The average Bonchev–Trinajstić information content (AvgIpc) is 2.63. The van der Waals surface area contributed by atoms with Gasteiger partial charge < -0.3 is 10.6 Å². The first kappa shape index (κ1) is 20.9. The number of nitrogens with one attached hydrogen (secondary N) is 2. The molecule has 0 saturated carbocycles. The van der Waals surface area contributed by atoms with Crippen LogP contribution in [-0.4, -0.2) is 36.3 Å². The van der Waals surface area contributed by atoms with Gasteiger partial charge in [-0.15, -0.1) is 0 Å². The maximum atomic E-state index is 12.4. The van der Waals surface area contributed by atoms with Crippen molar-refractivity contribution < 1.29 is 9.59 Å². The van der Waals surface area contributed by atoms with Crippen LogP contribution in [0.1, 0.15) is 23.6 Å². The zero-order valence-corrected chi connectivity index (χ0v) is 16.9. The van der Waals surface area contributed by atoms with Gasteiger partial charge in [0.15, 0.2) is 0 Å². The number of carbonyl (C=O) groups is 2. The van der Waals surface area contributed by atoms with Gasteiger partial charge in [0.2, 0.25) is 11.8 Å². The smallest absolute Gasteiger partial charge is 0.238 e. The average molecular weight is 388 g/mol. The zero-order chi connectivity index (χ0) is 20.0. The van der Waals surface area contributed by atoms with E-state index in [2.05, 4.69) is 10.6 Å². The van der Waals surface area contributed by atoms with Crippen LogP contribution in [0, 0.1) is 13.8 Å². The predicted molar refractivity (Wildman–Crippen MR) is 110 cm³/mol. The first-order chi connectivity index (χ1) is 12.8. The fourth-order valence-corrected chi connectivity index (χ4v) is 2.93. The van der Waals surface area contributed by atoms with Crippen molar-refractivity contribution in [1.29, 1.82) is 0 Å². The van der Waals surface area contributed by atoms with E-state index < -0.39 is 6.04 Å². The summed E-state index contributed by atoms with van der Waals surface area (Å²) in [7, 11) is 1.75. The highest BCUT2D eigenvalue weighted by atomic mass is 35.5. The largest absolute Gasteiger partial charge is 0.351 e. The van der Waals surface area contributed by atoms with Gasteiger partial charge in [0.25, 0.3) is 0 Å². The van der Waals surface area contributed by atoms with Crippen molar-refractivity contribution in [3.8, 4) is 0 Å². The van der Waals surface area contributed by atoms with Crippen LogP contribution < -0.4 is 10.6 Å². The molecule has 0 aliphatic carbocycles. The number of para-hydroxylation sites is 1. The Morgan fingerprint density at radius 1 is 1.07 bits per heavy atom. The maximum absolute atomic E-state index is 12.4. The molecular formula is C21H26ClN3O2. The van der Waals surface area contributed by atoms with E-state index in [-0.39, 0.29) is 18.4 Å². The van der Waals surface area contributed by atoms with Crippen LogP contribution >= 0.6 is 11.6 Å². The second-order valence-electron chi connectivity index (χ2n) is 6.72. The molecular weight excluding hydrogens is 362 g/mol. The molecule has 0 fully saturated rings. The summed E-state index contributed by atoms with van der Waals surface area (Å²) in [6.45, 7) is 6.15. The molecule has 2 N–H and O–H groups in total. The maximum Gasteiger partial charge on any atom is 0.238 e. The van der Waals surface area contributed by atoms with E-state index in [1.165, 1.54) is 0 Å². The van der Waals surface area contributed by atoms with E-state index >= 15 is 0 Å². The van der Waals surface area contributed by atoms with Crippen LogP contribution in [0.2, 0.25) is 5.02 Å². The molecule has 2 aromatic rings. The van der Waals surface area contributed by atoms with E-state index in [0.717, 1.165) is 22.4 Å². The monoisotopic (exact) mass is 387 g/mol. The number of hydrogen-bond donors (Lipinski definition) is 2. The molecule has 1 unspecified atom stereocenters. The van der Waals surface area contributed by atoms with Gasteiger partial charge in [0, 0.05) is 17.3 Å². The predicted octanol–water partition coefficient (Wildman–Crippen LogP) is 3.53. The third-order valence-corrected chi connectivity index (χ3v) is 4.96. The van der Waals surface area contributed by atoms with E-state index in [9.17, 15) is 9.59 Å². The number of nitrogens with zero attached hydrogens (tertiary/aromatic N) is 1. The molecule has 0 radical (unpaired) electrons. The van der Waals surface area contributed by atoms with E-state index in [1.807, 2.05) is 50.2 Å². The topological polar surface area (TPSA) is 61.4 Å². The normalized spacial score (nSPS) is 11.9. The molecule has 0 spiro atoms. The van der Waals surface area contributed by atoms with Crippen LogP contribution in [0.15, 0.2) is 42.5 Å². The molecule has 0 saturated heterocycles. The lowest BCUT2D eigenvalue weighted by Crippen LogP contribution is -2.45. The number of anilines is 1. The molecule has 0 bridgehead atoms. The van der Waals surface area contributed by atoms with Crippen molar-refractivity contribution in [1.82, 2.24) is 10.2 Å². The number of hydrogen-bond acceptors (Lipinski definition) is 3. The quantitative estimate of drug-likeness (QED) is 0.764. The number of benzene rings is 2. The standard InChI is InChI=1S/C21H26ClN3O2/c1-14-8-7-9-15(2)20(14)24-19(26)13-25(4)16(3)21(27)23-12-17-10-5-6-11-18(17)22/h5-11,16H,12-13H2,1-4H3,(H,23,27)(H,24,26). The number of carbonyl (C=O) groups excluding carboxylic acids is 2. The Labute approximate surface area is 165 Å². The summed E-state index contributed by atoms with van der Waals surface area (Å²) in [6.07, 6.45) is 0. The van der Waals surface area contributed by atoms with Crippen molar-refractivity contribution in [2.45, 2.75) is 33.4 Å². The summed E-state index contributed by atoms with van der Waals surface area (Å²) in [4.78, 5) is 26.5. The van der Waals surface area contributed by atoms with Gasteiger partial charge in [-0.1, -0.05) is 48.0 Å². The highest BCUT2D eigenvalue weighted by molar-refractivity contribution is 6.31. The van der Waals surface area contributed by atoms with E-state index in [1.54, 1.807) is 24.9 Å². The Morgan fingerprint density at radius 3 is 2.33 bits per heavy atom. The van der Waals surface area contributed by atoms with Gasteiger partial charge in [-0.25, -0.2) is 0 Å². The second-order valence-corrected chi connectivity index (χ2v) is 7.12. The molecule has 0 aliphatic rings. The SMILES string of the molecule is Cc1cccc(C)c1NC(=O)CN(C)C(C)C(=O)NCc1ccccc1Cl. The molecule has 27 heavy (non-hydrogen) atoms. The Morgan fingerprint density at radius 2 is 1.70 bits per heavy atom. The second kappa shape index (κ2) is 9.53. The van der Waals surface area contributed by atoms with Crippen molar-refractivity contribution in [2.75, 3.05) is 18.9 Å².